The Balaban J connectivity index is 1.60. The van der Waals surface area contributed by atoms with Crippen molar-refractivity contribution in [3.05, 3.63) is 124 Å². The second kappa shape index (κ2) is 11.3. The number of nitrogens with zero attached hydrogens (tertiary/aromatic N) is 1. The molecule has 3 aromatic carbocycles. The highest BCUT2D eigenvalue weighted by Gasteiger charge is 2.47. The normalized spacial score (nSPS) is 13.2. The first-order chi connectivity index (χ1) is 19.5. The maximum Gasteiger partial charge on any atom is 0.404 e. The summed E-state index contributed by atoms with van der Waals surface area (Å²) in [6.07, 6.45) is -2.95. The number of benzene rings is 3. The van der Waals surface area contributed by atoms with Crippen LogP contribution in [0.25, 0.3) is 22.0 Å². The summed E-state index contributed by atoms with van der Waals surface area (Å²) < 4.78 is 85.3. The van der Waals surface area contributed by atoms with Crippen molar-refractivity contribution >= 4 is 28.4 Å². The molecule has 2 heterocycles. The van der Waals surface area contributed by atoms with Gasteiger partial charge in [0.15, 0.2) is 5.92 Å². The first-order valence-electron chi connectivity index (χ1n) is 12.3. The molecule has 2 atom stereocenters. The summed E-state index contributed by atoms with van der Waals surface area (Å²) in [6.45, 7) is 0. The van der Waals surface area contributed by atoms with E-state index in [-0.39, 0.29) is 28.6 Å². The molecule has 41 heavy (non-hydrogen) atoms. The van der Waals surface area contributed by atoms with Crippen LogP contribution in [0.4, 0.5) is 26.3 Å². The summed E-state index contributed by atoms with van der Waals surface area (Å²) >= 11 is 6.01. The van der Waals surface area contributed by atoms with Crippen molar-refractivity contribution < 1.29 is 31.1 Å². The van der Waals surface area contributed by atoms with Crippen LogP contribution in [0, 0.1) is 17.5 Å². The zero-order valence-electron chi connectivity index (χ0n) is 20.9. The summed E-state index contributed by atoms with van der Waals surface area (Å²) in [4.78, 5) is 20.5. The first-order valence-corrected chi connectivity index (χ1v) is 12.7. The molecule has 0 radical (unpaired) electrons. The lowest BCUT2D eigenvalue weighted by Gasteiger charge is -2.25. The van der Waals surface area contributed by atoms with E-state index in [0.29, 0.717) is 22.2 Å². The summed E-state index contributed by atoms with van der Waals surface area (Å²) in [7, 11) is 0. The second-order valence-corrected chi connectivity index (χ2v) is 9.83. The van der Waals surface area contributed by atoms with E-state index in [1.807, 2.05) is 0 Å². The number of aromatic amines is 1. The van der Waals surface area contributed by atoms with E-state index < -0.39 is 47.1 Å². The largest absolute Gasteiger partial charge is 0.404 e. The predicted molar refractivity (Wildman–Crippen MR) is 143 cm³/mol. The molecule has 5 rings (SSSR count). The fourth-order valence-electron chi connectivity index (χ4n) is 4.82. The van der Waals surface area contributed by atoms with Crippen molar-refractivity contribution in [3.8, 4) is 11.1 Å². The van der Waals surface area contributed by atoms with Crippen LogP contribution in [0.2, 0.25) is 5.02 Å². The zero-order valence-corrected chi connectivity index (χ0v) is 21.7. The average molecular weight is 588 g/mol. The van der Waals surface area contributed by atoms with E-state index in [2.05, 4.69) is 15.3 Å². The fourth-order valence-corrected chi connectivity index (χ4v) is 4.95. The van der Waals surface area contributed by atoms with Gasteiger partial charge in [0.1, 0.15) is 17.5 Å². The van der Waals surface area contributed by atoms with Crippen LogP contribution in [-0.4, -0.2) is 22.1 Å². The van der Waals surface area contributed by atoms with E-state index in [1.165, 1.54) is 12.3 Å². The number of hydrogen-bond donors (Lipinski definition) is 2. The van der Waals surface area contributed by atoms with Crippen molar-refractivity contribution in [2.24, 2.45) is 0 Å². The Bertz CT molecular complexity index is 1700. The number of fused-ring (bicyclic) bond motifs is 1. The number of hydrogen-bond acceptors (Lipinski definition) is 2. The molecule has 4 nitrogen and oxygen atoms in total. The van der Waals surface area contributed by atoms with Crippen LogP contribution in [0.15, 0.2) is 85.2 Å². The number of amides is 1. The molecule has 5 aromatic rings. The van der Waals surface area contributed by atoms with Crippen molar-refractivity contribution in [2.75, 3.05) is 0 Å². The Morgan fingerprint density at radius 3 is 2.32 bits per heavy atom. The van der Waals surface area contributed by atoms with Crippen molar-refractivity contribution in [3.63, 3.8) is 0 Å². The molecule has 2 aromatic heterocycles. The van der Waals surface area contributed by atoms with Gasteiger partial charge < -0.3 is 10.3 Å². The second-order valence-electron chi connectivity index (χ2n) is 9.39. The Labute approximate surface area is 235 Å². The lowest BCUT2D eigenvalue weighted by atomic mass is 9.93. The van der Waals surface area contributed by atoms with E-state index in [4.69, 9.17) is 11.6 Å². The monoisotopic (exact) mass is 587 g/mol. The highest BCUT2D eigenvalue weighted by Crippen LogP contribution is 2.40. The third-order valence-corrected chi connectivity index (χ3v) is 6.83. The third kappa shape index (κ3) is 6.22. The number of rotatable bonds is 7. The van der Waals surface area contributed by atoms with E-state index >= 15 is 0 Å². The van der Waals surface area contributed by atoms with Gasteiger partial charge in [-0.25, -0.2) is 13.2 Å². The number of pyridine rings is 1. The highest BCUT2D eigenvalue weighted by molar-refractivity contribution is 6.30. The molecule has 0 saturated carbocycles. The Morgan fingerprint density at radius 2 is 1.63 bits per heavy atom. The van der Waals surface area contributed by atoms with Gasteiger partial charge in [0.25, 0.3) is 0 Å². The van der Waals surface area contributed by atoms with Gasteiger partial charge in [-0.1, -0.05) is 29.8 Å². The average Bonchev–Trinajstić information content (AvgIpc) is 3.30. The maximum absolute atomic E-state index is 14.4. The van der Waals surface area contributed by atoms with Gasteiger partial charge in [0.05, 0.1) is 11.7 Å². The summed E-state index contributed by atoms with van der Waals surface area (Å²) in [5, 5.41) is 2.76. The lowest BCUT2D eigenvalue weighted by molar-refractivity contribution is -0.165. The van der Waals surface area contributed by atoms with Gasteiger partial charge in [-0.05, 0) is 71.6 Å². The summed E-state index contributed by atoms with van der Waals surface area (Å²) in [5.74, 6) is -6.69. The molecule has 0 bridgehead atoms. The molecule has 11 heteroatoms. The SMILES string of the molecule is O=C(N[C@@H](Cc1cc(F)cc(F)c1)c1ncccc1-c1ccc(Cl)cc1)[C@H](c1c[nH]c2ccc(F)cc12)C(F)(F)F. The smallest absolute Gasteiger partial charge is 0.361 e. The third-order valence-electron chi connectivity index (χ3n) is 6.58. The minimum Gasteiger partial charge on any atom is -0.361 e. The molecule has 0 aliphatic heterocycles. The number of nitrogens with one attached hydrogen (secondary N) is 2. The number of alkyl halides is 3. The molecule has 2 N–H and O–H groups in total. The van der Waals surface area contributed by atoms with E-state index in [0.717, 1.165) is 30.5 Å². The highest BCUT2D eigenvalue weighted by atomic mass is 35.5. The van der Waals surface area contributed by atoms with Gasteiger partial charge in [0.2, 0.25) is 5.91 Å². The molecule has 1 amide bonds. The van der Waals surface area contributed by atoms with Crippen molar-refractivity contribution in [1.29, 1.82) is 0 Å². The minimum atomic E-state index is -5.07. The molecule has 0 spiro atoms. The van der Waals surface area contributed by atoms with Crippen LogP contribution in [0.5, 0.6) is 0 Å². The quantitative estimate of drug-likeness (QED) is 0.189. The standard InChI is InChI=1S/C30H20ClF6N3O/c31-18-5-3-17(4-6-18)22-2-1-9-38-28(22)26(12-16-10-20(33)13-21(34)11-16)40-29(41)27(30(35,36)37)24-15-39-25-8-7-19(32)14-23(24)25/h1-11,13-15,26-27,39H,12H2,(H,40,41)/t26-,27-/m0/s1. The van der Waals surface area contributed by atoms with Crippen LogP contribution >= 0.6 is 11.6 Å². The number of aromatic nitrogens is 2. The topological polar surface area (TPSA) is 57.8 Å². The van der Waals surface area contributed by atoms with Gasteiger partial charge in [0, 0.05) is 39.9 Å². The van der Waals surface area contributed by atoms with Crippen LogP contribution in [-0.2, 0) is 11.2 Å². The molecule has 0 fully saturated rings. The number of halogens is 7. The van der Waals surface area contributed by atoms with E-state index in [1.54, 1.807) is 36.4 Å². The van der Waals surface area contributed by atoms with Gasteiger partial charge in [-0.2, -0.15) is 13.2 Å². The Morgan fingerprint density at radius 1 is 0.927 bits per heavy atom. The molecular formula is C30H20ClF6N3O. The first kappa shape index (κ1) is 28.2. The number of carbonyl (C=O) groups is 1. The Kier molecular flexibility index (Phi) is 7.77. The number of H-pyrrole nitrogens is 1. The minimum absolute atomic E-state index is 0.0817. The fraction of sp³-hybridized carbons (Fsp3) is 0.133. The zero-order chi connectivity index (χ0) is 29.3. The maximum atomic E-state index is 14.4. The molecule has 0 aliphatic carbocycles. The summed E-state index contributed by atoms with van der Waals surface area (Å²) in [5.41, 5.74) is 1.05. The van der Waals surface area contributed by atoms with Crippen LogP contribution < -0.4 is 5.32 Å². The molecule has 210 valence electrons. The van der Waals surface area contributed by atoms with Gasteiger partial charge in [-0.3, -0.25) is 9.78 Å². The number of carbonyl (C=O) groups excluding carboxylic acids is 1. The lowest BCUT2D eigenvalue weighted by Crippen LogP contribution is -2.40. The van der Waals surface area contributed by atoms with Gasteiger partial charge >= 0.3 is 6.18 Å². The predicted octanol–water partition coefficient (Wildman–Crippen LogP) is 8.05. The molecule has 0 saturated heterocycles. The van der Waals surface area contributed by atoms with Crippen molar-refractivity contribution in [1.82, 2.24) is 15.3 Å². The van der Waals surface area contributed by atoms with Crippen LogP contribution in [0.1, 0.15) is 28.8 Å². The molecule has 0 aliphatic rings. The molecule has 0 unspecified atom stereocenters. The molecular weight excluding hydrogens is 568 g/mol. The van der Waals surface area contributed by atoms with E-state index in [9.17, 15) is 31.1 Å². The van der Waals surface area contributed by atoms with Crippen LogP contribution in [0.3, 0.4) is 0 Å². The van der Waals surface area contributed by atoms with Crippen molar-refractivity contribution in [2.45, 2.75) is 24.6 Å². The van der Waals surface area contributed by atoms with Gasteiger partial charge in [-0.15, -0.1) is 0 Å². The summed E-state index contributed by atoms with van der Waals surface area (Å²) in [6, 6.07) is 14.5. The Hall–Kier alpha value is -4.31.